The molecule has 0 bridgehead atoms. The number of amides is 1. The number of hydrogen-bond acceptors (Lipinski definition) is 2. The molecule has 0 saturated heterocycles. The number of nitrogens with zero attached hydrogens (tertiary/aromatic N) is 1. The normalized spacial score (nSPS) is 12.0. The van der Waals surface area contributed by atoms with E-state index in [9.17, 15) is 4.79 Å². The third kappa shape index (κ3) is 4.12. The fourth-order valence-corrected chi connectivity index (χ4v) is 4.19. The second kappa shape index (κ2) is 8.76. The number of anilines is 1. The Morgan fingerprint density at radius 1 is 1.00 bits per heavy atom. The third-order valence-electron chi connectivity index (χ3n) is 5.39. The van der Waals surface area contributed by atoms with Crippen LogP contribution in [-0.4, -0.2) is 31.5 Å². The van der Waals surface area contributed by atoms with Crippen LogP contribution >= 0.6 is 15.9 Å². The lowest BCUT2D eigenvalue weighted by molar-refractivity contribution is 0.0951. The van der Waals surface area contributed by atoms with Gasteiger partial charge in [-0.1, -0.05) is 42.5 Å². The highest BCUT2D eigenvalue weighted by Gasteiger charge is 2.20. The topological polar surface area (TPSA) is 48.1 Å². The van der Waals surface area contributed by atoms with Crippen molar-refractivity contribution in [2.45, 2.75) is 5.92 Å². The first-order valence-electron chi connectivity index (χ1n) is 9.90. The van der Waals surface area contributed by atoms with Gasteiger partial charge in [0.1, 0.15) is 0 Å². The van der Waals surface area contributed by atoms with Crippen molar-refractivity contribution >= 4 is 38.4 Å². The lowest BCUT2D eigenvalue weighted by atomic mass is 9.90. The van der Waals surface area contributed by atoms with Gasteiger partial charge < -0.3 is 15.2 Å². The van der Waals surface area contributed by atoms with Gasteiger partial charge in [0.15, 0.2) is 0 Å². The van der Waals surface area contributed by atoms with E-state index in [-0.39, 0.29) is 11.8 Å². The Morgan fingerprint density at radius 2 is 1.70 bits per heavy atom. The van der Waals surface area contributed by atoms with E-state index in [1.165, 1.54) is 10.9 Å². The van der Waals surface area contributed by atoms with Crippen LogP contribution in [0.3, 0.4) is 0 Å². The Kier molecular flexibility index (Phi) is 5.91. The number of carbonyl (C=O) groups is 1. The average Bonchev–Trinajstić information content (AvgIpc) is 3.18. The lowest BCUT2D eigenvalue weighted by Crippen LogP contribution is -2.29. The van der Waals surface area contributed by atoms with Crippen molar-refractivity contribution < 1.29 is 4.79 Å². The summed E-state index contributed by atoms with van der Waals surface area (Å²) >= 11 is 3.47. The maximum atomic E-state index is 12.8. The molecule has 0 unspecified atom stereocenters. The van der Waals surface area contributed by atoms with Gasteiger partial charge in [0.05, 0.1) is 5.56 Å². The zero-order valence-electron chi connectivity index (χ0n) is 17.0. The minimum absolute atomic E-state index is 0.0313. The van der Waals surface area contributed by atoms with Crippen molar-refractivity contribution in [2.75, 3.05) is 25.5 Å². The number of fused-ring (bicyclic) bond motifs is 1. The van der Waals surface area contributed by atoms with Crippen molar-refractivity contribution in [2.24, 2.45) is 0 Å². The van der Waals surface area contributed by atoms with E-state index in [1.807, 2.05) is 50.5 Å². The van der Waals surface area contributed by atoms with Crippen LogP contribution in [0.2, 0.25) is 0 Å². The molecule has 0 radical (unpaired) electrons. The van der Waals surface area contributed by atoms with Gasteiger partial charge in [-0.2, -0.15) is 0 Å². The highest BCUT2D eigenvalue weighted by Crippen LogP contribution is 2.31. The Balaban J connectivity index is 1.67. The molecule has 0 spiro atoms. The lowest BCUT2D eigenvalue weighted by Gasteiger charge is -2.20. The number of halogens is 1. The number of aromatic amines is 1. The van der Waals surface area contributed by atoms with Crippen molar-refractivity contribution in [1.29, 1.82) is 0 Å². The monoisotopic (exact) mass is 461 g/mol. The second-order valence-electron chi connectivity index (χ2n) is 7.52. The fourth-order valence-electron chi connectivity index (χ4n) is 3.73. The number of hydrogen-bond donors (Lipinski definition) is 2. The van der Waals surface area contributed by atoms with Gasteiger partial charge in [-0.05, 0) is 57.4 Å². The molecule has 152 valence electrons. The van der Waals surface area contributed by atoms with Crippen molar-refractivity contribution in [3.8, 4) is 0 Å². The van der Waals surface area contributed by atoms with Crippen LogP contribution in [-0.2, 0) is 0 Å². The van der Waals surface area contributed by atoms with E-state index in [1.54, 1.807) is 0 Å². The number of para-hydroxylation sites is 1. The molecule has 1 atom stereocenters. The van der Waals surface area contributed by atoms with Crippen molar-refractivity contribution in [3.05, 3.63) is 100 Å². The number of aromatic nitrogens is 1. The van der Waals surface area contributed by atoms with E-state index >= 15 is 0 Å². The molecular formula is C25H24BrN3O. The van der Waals surface area contributed by atoms with Gasteiger partial charge in [0, 0.05) is 53.8 Å². The summed E-state index contributed by atoms with van der Waals surface area (Å²) in [4.78, 5) is 18.3. The number of rotatable bonds is 6. The number of carbonyl (C=O) groups excluding carboxylic acids is 1. The molecule has 0 aliphatic rings. The molecule has 0 fully saturated rings. The highest BCUT2D eigenvalue weighted by atomic mass is 79.9. The summed E-state index contributed by atoms with van der Waals surface area (Å²) in [5, 5.41) is 4.31. The van der Waals surface area contributed by atoms with Crippen LogP contribution in [0.25, 0.3) is 10.9 Å². The summed E-state index contributed by atoms with van der Waals surface area (Å²) in [5.74, 6) is -0.0546. The Morgan fingerprint density at radius 3 is 2.43 bits per heavy atom. The minimum Gasteiger partial charge on any atom is -0.378 e. The molecule has 1 heterocycles. The van der Waals surface area contributed by atoms with Crippen LogP contribution < -0.4 is 10.2 Å². The van der Waals surface area contributed by atoms with Crippen LogP contribution in [0.4, 0.5) is 5.69 Å². The SMILES string of the molecule is CN(C)c1ccc([C@@H](CNC(=O)c2ccccc2Br)c2c[nH]c3ccccc23)cc1. The highest BCUT2D eigenvalue weighted by molar-refractivity contribution is 9.10. The summed E-state index contributed by atoms with van der Waals surface area (Å²) in [7, 11) is 4.06. The fraction of sp³-hybridized carbons (Fsp3) is 0.160. The van der Waals surface area contributed by atoms with Crippen LogP contribution in [0.1, 0.15) is 27.4 Å². The van der Waals surface area contributed by atoms with Gasteiger partial charge in [0.25, 0.3) is 5.91 Å². The van der Waals surface area contributed by atoms with Gasteiger partial charge in [-0.15, -0.1) is 0 Å². The van der Waals surface area contributed by atoms with Gasteiger partial charge >= 0.3 is 0 Å². The Labute approximate surface area is 185 Å². The third-order valence-corrected chi connectivity index (χ3v) is 6.09. The average molecular weight is 462 g/mol. The molecule has 0 saturated carbocycles. The molecule has 2 N–H and O–H groups in total. The molecule has 0 aliphatic heterocycles. The summed E-state index contributed by atoms with van der Waals surface area (Å²) in [6.45, 7) is 0.503. The van der Waals surface area contributed by atoms with E-state index in [4.69, 9.17) is 0 Å². The second-order valence-corrected chi connectivity index (χ2v) is 8.37. The van der Waals surface area contributed by atoms with E-state index in [0.29, 0.717) is 12.1 Å². The van der Waals surface area contributed by atoms with Crippen LogP contribution in [0.5, 0.6) is 0 Å². The molecule has 5 heteroatoms. The molecular weight excluding hydrogens is 438 g/mol. The smallest absolute Gasteiger partial charge is 0.252 e. The predicted octanol–water partition coefficient (Wildman–Crippen LogP) is 5.56. The standard InChI is InChI=1S/C25H24BrN3O/c1-29(2)18-13-11-17(12-14-18)21(22-16-27-24-10-6-4-7-19(22)24)15-28-25(30)20-8-3-5-9-23(20)26/h3-14,16,21,27H,15H2,1-2H3,(H,28,30)/t21-/m1/s1. The minimum atomic E-state index is -0.0859. The van der Waals surface area contributed by atoms with E-state index in [2.05, 4.69) is 73.7 Å². The quantitative estimate of drug-likeness (QED) is 0.394. The van der Waals surface area contributed by atoms with Gasteiger partial charge in [-0.3, -0.25) is 4.79 Å². The first-order valence-corrected chi connectivity index (χ1v) is 10.7. The first kappa shape index (κ1) is 20.2. The van der Waals surface area contributed by atoms with Crippen molar-refractivity contribution in [1.82, 2.24) is 10.3 Å². The molecule has 1 aromatic heterocycles. The van der Waals surface area contributed by atoms with Gasteiger partial charge in [0.2, 0.25) is 0 Å². The largest absolute Gasteiger partial charge is 0.378 e. The number of H-pyrrole nitrogens is 1. The maximum Gasteiger partial charge on any atom is 0.252 e. The molecule has 30 heavy (non-hydrogen) atoms. The first-order chi connectivity index (χ1) is 14.5. The zero-order valence-corrected chi connectivity index (χ0v) is 18.6. The summed E-state index contributed by atoms with van der Waals surface area (Å²) < 4.78 is 0.793. The number of nitrogens with one attached hydrogen (secondary N) is 2. The molecule has 0 aliphatic carbocycles. The van der Waals surface area contributed by atoms with E-state index < -0.39 is 0 Å². The van der Waals surface area contributed by atoms with Crippen molar-refractivity contribution in [3.63, 3.8) is 0 Å². The Hall–Kier alpha value is -3.05. The summed E-state index contributed by atoms with van der Waals surface area (Å²) in [6.07, 6.45) is 2.06. The predicted molar refractivity (Wildman–Crippen MR) is 127 cm³/mol. The van der Waals surface area contributed by atoms with Crippen LogP contribution in [0, 0.1) is 0 Å². The number of benzene rings is 3. The molecule has 4 aromatic rings. The van der Waals surface area contributed by atoms with E-state index in [0.717, 1.165) is 21.2 Å². The summed E-state index contributed by atoms with van der Waals surface area (Å²) in [5.41, 5.74) is 5.22. The zero-order chi connectivity index (χ0) is 21.1. The van der Waals surface area contributed by atoms with Crippen LogP contribution in [0.15, 0.2) is 83.5 Å². The summed E-state index contributed by atoms with van der Waals surface area (Å²) in [6, 6.07) is 24.3. The molecule has 4 rings (SSSR count). The Bertz CT molecular complexity index is 1160. The molecule has 1 amide bonds. The maximum absolute atomic E-state index is 12.8. The molecule has 4 nitrogen and oxygen atoms in total. The van der Waals surface area contributed by atoms with Gasteiger partial charge in [-0.25, -0.2) is 0 Å². The molecule has 3 aromatic carbocycles.